The van der Waals surface area contributed by atoms with Crippen molar-refractivity contribution < 1.29 is 9.47 Å². The molecule has 3 aromatic carbocycles. The van der Waals surface area contributed by atoms with Crippen molar-refractivity contribution in [1.82, 2.24) is 0 Å². The molecule has 152 valence electrons. The molecular weight excluding hydrogens is 358 g/mol. The molecule has 0 aliphatic heterocycles. The third-order valence-electron chi connectivity index (χ3n) is 4.84. The van der Waals surface area contributed by atoms with E-state index in [1.54, 1.807) is 0 Å². The molecule has 1 unspecified atom stereocenters. The molecule has 3 rings (SSSR count). The van der Waals surface area contributed by atoms with Crippen molar-refractivity contribution in [2.45, 2.75) is 39.2 Å². The van der Waals surface area contributed by atoms with Crippen LogP contribution in [0.4, 0.5) is 5.69 Å². The van der Waals surface area contributed by atoms with E-state index >= 15 is 0 Å². The second kappa shape index (κ2) is 11.2. The molecule has 0 spiro atoms. The monoisotopic (exact) mass is 389 g/mol. The normalized spacial score (nSPS) is 11.7. The Morgan fingerprint density at radius 1 is 0.793 bits per heavy atom. The van der Waals surface area contributed by atoms with Crippen LogP contribution in [0.1, 0.15) is 31.4 Å². The Bertz CT molecular complexity index is 829. The van der Waals surface area contributed by atoms with Crippen molar-refractivity contribution >= 4 is 5.69 Å². The van der Waals surface area contributed by atoms with Crippen LogP contribution in [0, 0.1) is 0 Å². The standard InChI is InChI=1S/C26H31NO2/c1-3-22-11-15-26(16-12-22)29-21(2)20-27-24-13-17-25(18-14-24)28-19-7-10-23-8-5-4-6-9-23/h4-6,8-9,11-18,21,27H,3,7,10,19-20H2,1-2H3. The second-order valence-electron chi connectivity index (χ2n) is 7.27. The van der Waals surface area contributed by atoms with Crippen molar-refractivity contribution in [2.75, 3.05) is 18.5 Å². The quantitative estimate of drug-likeness (QED) is 0.400. The summed E-state index contributed by atoms with van der Waals surface area (Å²) in [6.07, 6.45) is 3.18. The lowest BCUT2D eigenvalue weighted by Crippen LogP contribution is -2.22. The highest BCUT2D eigenvalue weighted by Gasteiger charge is 2.04. The molecule has 0 saturated carbocycles. The number of ether oxygens (including phenoxy) is 2. The predicted octanol–water partition coefficient (Wildman–Crippen LogP) is 6.14. The summed E-state index contributed by atoms with van der Waals surface area (Å²) in [7, 11) is 0. The Hall–Kier alpha value is -2.94. The predicted molar refractivity (Wildman–Crippen MR) is 121 cm³/mol. The summed E-state index contributed by atoms with van der Waals surface area (Å²) in [4.78, 5) is 0. The molecule has 0 heterocycles. The molecule has 29 heavy (non-hydrogen) atoms. The molecule has 3 heteroatoms. The molecule has 0 radical (unpaired) electrons. The Kier molecular flexibility index (Phi) is 8.00. The zero-order valence-electron chi connectivity index (χ0n) is 17.4. The highest BCUT2D eigenvalue weighted by atomic mass is 16.5. The Morgan fingerprint density at radius 3 is 2.17 bits per heavy atom. The lowest BCUT2D eigenvalue weighted by molar-refractivity contribution is 0.234. The van der Waals surface area contributed by atoms with Gasteiger partial charge in [-0.05, 0) is 73.7 Å². The molecule has 1 N–H and O–H groups in total. The van der Waals surface area contributed by atoms with E-state index in [9.17, 15) is 0 Å². The van der Waals surface area contributed by atoms with Gasteiger partial charge < -0.3 is 14.8 Å². The molecule has 0 fully saturated rings. The maximum absolute atomic E-state index is 5.97. The van der Waals surface area contributed by atoms with Gasteiger partial charge in [-0.3, -0.25) is 0 Å². The van der Waals surface area contributed by atoms with Gasteiger partial charge in [0.1, 0.15) is 17.6 Å². The Balaban J connectivity index is 1.36. The van der Waals surface area contributed by atoms with Crippen LogP contribution in [0.2, 0.25) is 0 Å². The topological polar surface area (TPSA) is 30.5 Å². The van der Waals surface area contributed by atoms with E-state index in [-0.39, 0.29) is 6.10 Å². The summed E-state index contributed by atoms with van der Waals surface area (Å²) in [5, 5.41) is 3.42. The third kappa shape index (κ3) is 7.19. The van der Waals surface area contributed by atoms with E-state index in [4.69, 9.17) is 9.47 Å². The van der Waals surface area contributed by atoms with Gasteiger partial charge in [-0.2, -0.15) is 0 Å². The minimum absolute atomic E-state index is 0.0800. The van der Waals surface area contributed by atoms with E-state index in [0.717, 1.165) is 49.6 Å². The fourth-order valence-electron chi connectivity index (χ4n) is 3.12. The van der Waals surface area contributed by atoms with Crippen molar-refractivity contribution in [3.05, 3.63) is 90.0 Å². The van der Waals surface area contributed by atoms with Crippen molar-refractivity contribution in [3.63, 3.8) is 0 Å². The van der Waals surface area contributed by atoms with Crippen LogP contribution in [-0.2, 0) is 12.8 Å². The van der Waals surface area contributed by atoms with Crippen LogP contribution in [0.5, 0.6) is 11.5 Å². The summed E-state index contributed by atoms with van der Waals surface area (Å²) in [5.41, 5.74) is 3.75. The number of rotatable bonds is 11. The number of hydrogen-bond donors (Lipinski definition) is 1. The molecule has 0 saturated heterocycles. The van der Waals surface area contributed by atoms with Crippen LogP contribution in [0.25, 0.3) is 0 Å². The lowest BCUT2D eigenvalue weighted by Gasteiger charge is -2.16. The van der Waals surface area contributed by atoms with Crippen molar-refractivity contribution in [1.29, 1.82) is 0 Å². The average Bonchev–Trinajstić information content (AvgIpc) is 2.77. The fraction of sp³-hybridized carbons (Fsp3) is 0.308. The maximum Gasteiger partial charge on any atom is 0.119 e. The number of anilines is 1. The number of aryl methyl sites for hydroxylation is 2. The van der Waals surface area contributed by atoms with Gasteiger partial charge in [-0.25, -0.2) is 0 Å². The van der Waals surface area contributed by atoms with Gasteiger partial charge in [0, 0.05) is 5.69 Å². The number of benzene rings is 3. The fourth-order valence-corrected chi connectivity index (χ4v) is 3.12. The SMILES string of the molecule is CCc1ccc(OC(C)CNc2ccc(OCCCc3ccccc3)cc2)cc1. The summed E-state index contributed by atoms with van der Waals surface area (Å²) in [6.45, 7) is 5.70. The van der Waals surface area contributed by atoms with Gasteiger partial charge in [0.05, 0.1) is 13.2 Å². The lowest BCUT2D eigenvalue weighted by atomic mass is 10.1. The van der Waals surface area contributed by atoms with Crippen LogP contribution in [0.3, 0.4) is 0 Å². The van der Waals surface area contributed by atoms with Crippen molar-refractivity contribution in [3.8, 4) is 11.5 Å². The molecule has 0 bridgehead atoms. The van der Waals surface area contributed by atoms with E-state index in [1.165, 1.54) is 11.1 Å². The highest BCUT2D eigenvalue weighted by molar-refractivity contribution is 5.46. The average molecular weight is 390 g/mol. The van der Waals surface area contributed by atoms with Crippen LogP contribution < -0.4 is 14.8 Å². The number of nitrogens with one attached hydrogen (secondary N) is 1. The highest BCUT2D eigenvalue weighted by Crippen LogP contribution is 2.18. The first-order chi connectivity index (χ1) is 14.2. The van der Waals surface area contributed by atoms with E-state index in [1.807, 2.05) is 30.3 Å². The Labute approximate surface area is 174 Å². The van der Waals surface area contributed by atoms with Gasteiger partial charge in [0.15, 0.2) is 0 Å². The Morgan fingerprint density at radius 2 is 1.48 bits per heavy atom. The van der Waals surface area contributed by atoms with E-state index in [0.29, 0.717) is 0 Å². The molecule has 0 amide bonds. The summed E-state index contributed by atoms with van der Waals surface area (Å²) >= 11 is 0. The van der Waals surface area contributed by atoms with Crippen LogP contribution in [0.15, 0.2) is 78.9 Å². The first-order valence-electron chi connectivity index (χ1n) is 10.5. The molecule has 3 aromatic rings. The van der Waals surface area contributed by atoms with Gasteiger partial charge in [0.25, 0.3) is 0 Å². The maximum atomic E-state index is 5.97. The van der Waals surface area contributed by atoms with Crippen LogP contribution in [-0.4, -0.2) is 19.3 Å². The summed E-state index contributed by atoms with van der Waals surface area (Å²) < 4.78 is 11.8. The number of hydrogen-bond acceptors (Lipinski definition) is 3. The summed E-state index contributed by atoms with van der Waals surface area (Å²) in [5.74, 6) is 1.82. The van der Waals surface area contributed by atoms with Gasteiger partial charge >= 0.3 is 0 Å². The first kappa shape index (κ1) is 20.8. The third-order valence-corrected chi connectivity index (χ3v) is 4.84. The van der Waals surface area contributed by atoms with Gasteiger partial charge in [-0.1, -0.05) is 49.4 Å². The molecule has 3 nitrogen and oxygen atoms in total. The smallest absolute Gasteiger partial charge is 0.119 e. The van der Waals surface area contributed by atoms with E-state index in [2.05, 4.69) is 67.7 Å². The molecule has 0 aliphatic carbocycles. The largest absolute Gasteiger partial charge is 0.494 e. The second-order valence-corrected chi connectivity index (χ2v) is 7.27. The van der Waals surface area contributed by atoms with Crippen LogP contribution >= 0.6 is 0 Å². The first-order valence-corrected chi connectivity index (χ1v) is 10.5. The molecule has 1 atom stereocenters. The zero-order valence-corrected chi connectivity index (χ0v) is 17.4. The summed E-state index contributed by atoms with van der Waals surface area (Å²) in [6, 6.07) is 27.0. The minimum atomic E-state index is 0.0800. The zero-order chi connectivity index (χ0) is 20.3. The molecule has 0 aromatic heterocycles. The molecule has 0 aliphatic rings. The molecular formula is C26H31NO2. The van der Waals surface area contributed by atoms with Gasteiger partial charge in [0.2, 0.25) is 0 Å². The van der Waals surface area contributed by atoms with E-state index < -0.39 is 0 Å². The minimum Gasteiger partial charge on any atom is -0.494 e. The van der Waals surface area contributed by atoms with Gasteiger partial charge in [-0.15, -0.1) is 0 Å². The van der Waals surface area contributed by atoms with Crippen molar-refractivity contribution in [2.24, 2.45) is 0 Å².